The summed E-state index contributed by atoms with van der Waals surface area (Å²) in [4.78, 5) is 11.5. The monoisotopic (exact) mass is 183 g/mol. The van der Waals surface area contributed by atoms with Crippen LogP contribution >= 0.6 is 0 Å². The molecule has 2 saturated heterocycles. The Morgan fingerprint density at radius 1 is 1.08 bits per heavy atom. The summed E-state index contributed by atoms with van der Waals surface area (Å²) in [6.45, 7) is 4.41. The zero-order valence-electron chi connectivity index (χ0n) is 7.96. The van der Waals surface area contributed by atoms with Gasteiger partial charge in [0.2, 0.25) is 0 Å². The first-order valence-electron chi connectivity index (χ1n) is 5.14. The molecule has 0 aromatic carbocycles. The molecular formula is C9H17N3O. The Labute approximate surface area is 78.8 Å². The molecule has 0 aromatic heterocycles. The van der Waals surface area contributed by atoms with Gasteiger partial charge in [-0.15, -0.1) is 0 Å². The summed E-state index contributed by atoms with van der Waals surface area (Å²) in [6.07, 6.45) is 3.78. The van der Waals surface area contributed by atoms with Crippen molar-refractivity contribution in [2.75, 3.05) is 32.7 Å². The van der Waals surface area contributed by atoms with Crippen molar-refractivity contribution in [3.8, 4) is 0 Å². The molecule has 1 amide bonds. The molecule has 74 valence electrons. The molecule has 2 heterocycles. The van der Waals surface area contributed by atoms with Gasteiger partial charge in [0.15, 0.2) is 0 Å². The molecular weight excluding hydrogens is 166 g/mol. The third-order valence-corrected chi connectivity index (χ3v) is 2.74. The van der Waals surface area contributed by atoms with E-state index < -0.39 is 0 Å². The molecule has 2 fully saturated rings. The predicted octanol–water partition coefficient (Wildman–Crippen LogP) is -0.181. The topological polar surface area (TPSA) is 35.6 Å². The molecule has 0 aliphatic carbocycles. The normalized spacial score (nSPS) is 26.5. The van der Waals surface area contributed by atoms with Crippen LogP contribution < -0.4 is 5.32 Å². The SMILES string of the molecule is O=C1CNCCN1N1CCCCC1. The standard InChI is InChI=1S/C9H17N3O/c13-9-8-10-4-7-12(9)11-5-2-1-3-6-11/h10H,1-8H2. The van der Waals surface area contributed by atoms with Gasteiger partial charge in [-0.05, 0) is 12.8 Å². The minimum Gasteiger partial charge on any atom is -0.307 e. The summed E-state index contributed by atoms with van der Waals surface area (Å²) in [5.41, 5.74) is 0. The van der Waals surface area contributed by atoms with Gasteiger partial charge in [-0.3, -0.25) is 9.80 Å². The molecule has 2 aliphatic rings. The number of hydrogen-bond acceptors (Lipinski definition) is 3. The van der Waals surface area contributed by atoms with Crippen LogP contribution in [0.4, 0.5) is 0 Å². The molecule has 0 spiro atoms. The third kappa shape index (κ3) is 2.00. The number of nitrogens with zero attached hydrogens (tertiary/aromatic N) is 2. The largest absolute Gasteiger partial charge is 0.307 e. The van der Waals surface area contributed by atoms with Crippen molar-refractivity contribution in [3.63, 3.8) is 0 Å². The van der Waals surface area contributed by atoms with Crippen molar-refractivity contribution >= 4 is 5.91 Å². The van der Waals surface area contributed by atoms with Crippen molar-refractivity contribution in [1.82, 2.24) is 15.3 Å². The Morgan fingerprint density at radius 3 is 2.54 bits per heavy atom. The molecule has 0 radical (unpaired) electrons. The summed E-state index contributed by atoms with van der Waals surface area (Å²) >= 11 is 0. The number of hydrazine groups is 1. The van der Waals surface area contributed by atoms with E-state index in [0.717, 1.165) is 26.2 Å². The van der Waals surface area contributed by atoms with Crippen LogP contribution in [0.25, 0.3) is 0 Å². The van der Waals surface area contributed by atoms with E-state index in [1.165, 1.54) is 19.3 Å². The van der Waals surface area contributed by atoms with Crippen molar-refractivity contribution in [2.45, 2.75) is 19.3 Å². The van der Waals surface area contributed by atoms with E-state index >= 15 is 0 Å². The van der Waals surface area contributed by atoms with Gasteiger partial charge in [-0.2, -0.15) is 0 Å². The predicted molar refractivity (Wildman–Crippen MR) is 50.0 cm³/mol. The molecule has 0 atom stereocenters. The highest BCUT2D eigenvalue weighted by Gasteiger charge is 2.24. The van der Waals surface area contributed by atoms with Crippen molar-refractivity contribution in [1.29, 1.82) is 0 Å². The first-order valence-corrected chi connectivity index (χ1v) is 5.14. The Bertz CT molecular complexity index is 189. The van der Waals surface area contributed by atoms with Crippen molar-refractivity contribution in [2.24, 2.45) is 0 Å². The van der Waals surface area contributed by atoms with Gasteiger partial charge in [-0.1, -0.05) is 6.42 Å². The molecule has 2 aliphatic heterocycles. The highest BCUT2D eigenvalue weighted by atomic mass is 16.2. The van der Waals surface area contributed by atoms with Crippen LogP contribution in [0.5, 0.6) is 0 Å². The van der Waals surface area contributed by atoms with Gasteiger partial charge in [-0.25, -0.2) is 5.01 Å². The van der Waals surface area contributed by atoms with Crippen LogP contribution in [0.2, 0.25) is 0 Å². The zero-order valence-corrected chi connectivity index (χ0v) is 7.96. The van der Waals surface area contributed by atoms with Crippen LogP contribution in [0.3, 0.4) is 0 Å². The average Bonchev–Trinajstić information content (AvgIpc) is 2.20. The van der Waals surface area contributed by atoms with Crippen LogP contribution in [-0.2, 0) is 4.79 Å². The number of carbonyl (C=O) groups is 1. The molecule has 0 saturated carbocycles. The van der Waals surface area contributed by atoms with E-state index in [1.54, 1.807) is 0 Å². The van der Waals surface area contributed by atoms with E-state index in [-0.39, 0.29) is 5.91 Å². The highest BCUT2D eigenvalue weighted by molar-refractivity contribution is 5.78. The Balaban J connectivity index is 1.92. The molecule has 0 unspecified atom stereocenters. The lowest BCUT2D eigenvalue weighted by Crippen LogP contribution is -2.57. The van der Waals surface area contributed by atoms with E-state index in [1.807, 2.05) is 5.01 Å². The lowest BCUT2D eigenvalue weighted by atomic mass is 10.1. The molecule has 4 heteroatoms. The minimum absolute atomic E-state index is 0.230. The van der Waals surface area contributed by atoms with Gasteiger partial charge in [0.25, 0.3) is 5.91 Å². The fourth-order valence-electron chi connectivity index (χ4n) is 2.01. The van der Waals surface area contributed by atoms with E-state index in [4.69, 9.17) is 0 Å². The first-order chi connectivity index (χ1) is 6.38. The fraction of sp³-hybridized carbons (Fsp3) is 0.889. The zero-order chi connectivity index (χ0) is 9.10. The Kier molecular flexibility index (Phi) is 2.80. The van der Waals surface area contributed by atoms with Crippen LogP contribution in [0.1, 0.15) is 19.3 Å². The lowest BCUT2D eigenvalue weighted by molar-refractivity contribution is -0.152. The van der Waals surface area contributed by atoms with Gasteiger partial charge >= 0.3 is 0 Å². The van der Waals surface area contributed by atoms with Crippen LogP contribution in [-0.4, -0.2) is 48.6 Å². The van der Waals surface area contributed by atoms with E-state index in [0.29, 0.717) is 6.54 Å². The summed E-state index contributed by atoms with van der Waals surface area (Å²) in [5, 5.41) is 7.23. The summed E-state index contributed by atoms with van der Waals surface area (Å²) in [6, 6.07) is 0. The second-order valence-corrected chi connectivity index (χ2v) is 3.71. The van der Waals surface area contributed by atoms with Crippen molar-refractivity contribution in [3.05, 3.63) is 0 Å². The van der Waals surface area contributed by atoms with Gasteiger partial charge in [0, 0.05) is 19.6 Å². The van der Waals surface area contributed by atoms with E-state index in [2.05, 4.69) is 10.3 Å². The van der Waals surface area contributed by atoms with Crippen LogP contribution in [0.15, 0.2) is 0 Å². The maximum absolute atomic E-state index is 11.5. The number of rotatable bonds is 1. The smallest absolute Gasteiger partial charge is 0.250 e. The number of nitrogens with one attached hydrogen (secondary N) is 1. The van der Waals surface area contributed by atoms with E-state index in [9.17, 15) is 4.79 Å². The first kappa shape index (κ1) is 8.97. The number of amides is 1. The average molecular weight is 183 g/mol. The minimum atomic E-state index is 0.230. The quantitative estimate of drug-likeness (QED) is 0.612. The summed E-state index contributed by atoms with van der Waals surface area (Å²) in [5.74, 6) is 0.230. The number of hydrogen-bond donors (Lipinski definition) is 1. The molecule has 0 bridgehead atoms. The molecule has 2 rings (SSSR count). The van der Waals surface area contributed by atoms with Gasteiger partial charge in [0.1, 0.15) is 0 Å². The molecule has 0 aromatic rings. The van der Waals surface area contributed by atoms with Gasteiger partial charge < -0.3 is 5.32 Å². The molecule has 13 heavy (non-hydrogen) atoms. The molecule has 4 nitrogen and oxygen atoms in total. The third-order valence-electron chi connectivity index (χ3n) is 2.74. The summed E-state index contributed by atoms with van der Waals surface area (Å²) < 4.78 is 0. The second kappa shape index (κ2) is 4.07. The van der Waals surface area contributed by atoms with Crippen molar-refractivity contribution < 1.29 is 4.79 Å². The summed E-state index contributed by atoms with van der Waals surface area (Å²) in [7, 11) is 0. The second-order valence-electron chi connectivity index (χ2n) is 3.71. The fourth-order valence-corrected chi connectivity index (χ4v) is 2.01. The Hall–Kier alpha value is -0.610. The van der Waals surface area contributed by atoms with Crippen LogP contribution in [0, 0.1) is 0 Å². The number of piperidine rings is 1. The Morgan fingerprint density at radius 2 is 1.85 bits per heavy atom. The highest BCUT2D eigenvalue weighted by Crippen LogP contribution is 2.12. The maximum atomic E-state index is 11.5. The number of piperazine rings is 1. The van der Waals surface area contributed by atoms with Gasteiger partial charge in [0.05, 0.1) is 13.1 Å². The lowest BCUT2D eigenvalue weighted by Gasteiger charge is -2.39. The molecule has 1 N–H and O–H groups in total. The number of carbonyl (C=O) groups excluding carboxylic acids is 1. The maximum Gasteiger partial charge on any atom is 0.250 e.